The first-order valence-electron chi connectivity index (χ1n) is 7.95. The summed E-state index contributed by atoms with van der Waals surface area (Å²) >= 11 is 0. The highest BCUT2D eigenvalue weighted by Crippen LogP contribution is 2.30. The number of ether oxygens (including phenoxy) is 2. The monoisotopic (exact) mass is 396 g/mol. The second-order valence-electron chi connectivity index (χ2n) is 5.77. The number of nitrogens with one attached hydrogen (secondary N) is 1. The molecule has 1 N–H and O–H groups in total. The molecule has 1 atom stereocenters. The molecule has 0 spiro atoms. The van der Waals surface area contributed by atoms with Crippen molar-refractivity contribution < 1.29 is 27.1 Å². The van der Waals surface area contributed by atoms with Gasteiger partial charge in [0.15, 0.2) is 0 Å². The van der Waals surface area contributed by atoms with E-state index in [1.54, 1.807) is 18.2 Å². The zero-order valence-electron chi connectivity index (χ0n) is 15.4. The van der Waals surface area contributed by atoms with Gasteiger partial charge in [0.1, 0.15) is 23.4 Å². The average Bonchev–Trinajstić information content (AvgIpc) is 2.60. The Labute approximate surface area is 157 Å². The fraction of sp³-hybridized carbons (Fsp3) is 0.278. The van der Waals surface area contributed by atoms with Crippen LogP contribution in [0.15, 0.2) is 42.5 Å². The molecule has 0 saturated carbocycles. The molecule has 0 radical (unpaired) electrons. The van der Waals surface area contributed by atoms with E-state index in [0.717, 1.165) is 16.6 Å². The van der Waals surface area contributed by atoms with Crippen molar-refractivity contribution in [1.29, 1.82) is 0 Å². The van der Waals surface area contributed by atoms with Crippen LogP contribution in [0.5, 0.6) is 11.5 Å². The summed E-state index contributed by atoms with van der Waals surface area (Å²) in [6.45, 7) is 1.41. The van der Waals surface area contributed by atoms with Gasteiger partial charge in [-0.1, -0.05) is 6.07 Å². The van der Waals surface area contributed by atoms with Crippen molar-refractivity contribution in [2.75, 3.05) is 30.1 Å². The van der Waals surface area contributed by atoms with Crippen LogP contribution in [0.1, 0.15) is 6.92 Å². The predicted octanol–water partition coefficient (Wildman–Crippen LogP) is 2.64. The zero-order chi connectivity index (χ0) is 20.2. The van der Waals surface area contributed by atoms with Crippen LogP contribution in [-0.2, 0) is 14.8 Å². The van der Waals surface area contributed by atoms with Crippen molar-refractivity contribution in [3.05, 3.63) is 48.3 Å². The molecule has 0 fully saturated rings. The van der Waals surface area contributed by atoms with Crippen molar-refractivity contribution >= 4 is 27.3 Å². The minimum absolute atomic E-state index is 0.0573. The van der Waals surface area contributed by atoms with Crippen LogP contribution in [-0.4, -0.2) is 40.8 Å². The lowest BCUT2D eigenvalue weighted by atomic mass is 10.2. The maximum absolute atomic E-state index is 13.5. The van der Waals surface area contributed by atoms with Gasteiger partial charge >= 0.3 is 0 Å². The zero-order valence-corrected chi connectivity index (χ0v) is 16.2. The number of carbonyl (C=O) groups excluding carboxylic acids is 1. The molecule has 146 valence electrons. The van der Waals surface area contributed by atoms with Crippen LogP contribution < -0.4 is 19.1 Å². The largest absolute Gasteiger partial charge is 0.497 e. The Morgan fingerprint density at radius 3 is 2.41 bits per heavy atom. The third kappa shape index (κ3) is 4.88. The number of hydrogen-bond acceptors (Lipinski definition) is 5. The van der Waals surface area contributed by atoms with E-state index in [1.165, 1.54) is 39.3 Å². The molecule has 0 aliphatic rings. The normalized spacial score (nSPS) is 12.2. The first-order chi connectivity index (χ1) is 12.7. The number of anilines is 2. The summed E-state index contributed by atoms with van der Waals surface area (Å²) in [5.41, 5.74) is 0.407. The minimum atomic E-state index is -3.84. The number of nitrogens with zero attached hydrogens (tertiary/aromatic N) is 1. The van der Waals surface area contributed by atoms with Gasteiger partial charge in [-0.3, -0.25) is 9.10 Å². The predicted molar refractivity (Wildman–Crippen MR) is 101 cm³/mol. The summed E-state index contributed by atoms with van der Waals surface area (Å²) in [4.78, 5) is 12.7. The molecule has 0 bridgehead atoms. The molecule has 0 aliphatic heterocycles. The fourth-order valence-corrected chi connectivity index (χ4v) is 3.73. The molecule has 0 saturated heterocycles. The molecule has 0 aliphatic carbocycles. The van der Waals surface area contributed by atoms with Crippen molar-refractivity contribution in [3.8, 4) is 11.5 Å². The number of sulfonamides is 1. The van der Waals surface area contributed by atoms with E-state index in [2.05, 4.69) is 5.32 Å². The molecule has 2 rings (SSSR count). The van der Waals surface area contributed by atoms with Gasteiger partial charge < -0.3 is 14.8 Å². The first-order valence-corrected chi connectivity index (χ1v) is 9.80. The first kappa shape index (κ1) is 20.5. The van der Waals surface area contributed by atoms with E-state index in [-0.39, 0.29) is 5.69 Å². The molecule has 9 heteroatoms. The number of carbonyl (C=O) groups is 1. The molecule has 2 aromatic carbocycles. The van der Waals surface area contributed by atoms with E-state index in [4.69, 9.17) is 9.47 Å². The second-order valence-corrected chi connectivity index (χ2v) is 7.63. The molecule has 2 aromatic rings. The van der Waals surface area contributed by atoms with Crippen molar-refractivity contribution in [2.24, 2.45) is 0 Å². The van der Waals surface area contributed by atoms with E-state index < -0.39 is 27.8 Å². The van der Waals surface area contributed by atoms with Crippen LogP contribution in [0, 0.1) is 5.82 Å². The van der Waals surface area contributed by atoms with Gasteiger partial charge in [-0.2, -0.15) is 0 Å². The van der Waals surface area contributed by atoms with E-state index in [9.17, 15) is 17.6 Å². The molecule has 1 amide bonds. The maximum Gasteiger partial charge on any atom is 0.248 e. The molecular weight excluding hydrogens is 375 g/mol. The Morgan fingerprint density at radius 2 is 1.85 bits per heavy atom. The summed E-state index contributed by atoms with van der Waals surface area (Å²) in [5, 5.41) is 2.63. The van der Waals surface area contributed by atoms with E-state index in [0.29, 0.717) is 17.2 Å². The van der Waals surface area contributed by atoms with Gasteiger partial charge in [0.25, 0.3) is 0 Å². The fourth-order valence-electron chi connectivity index (χ4n) is 2.56. The lowest BCUT2D eigenvalue weighted by Crippen LogP contribution is -2.45. The summed E-state index contributed by atoms with van der Waals surface area (Å²) in [6, 6.07) is 8.70. The lowest BCUT2D eigenvalue weighted by molar-refractivity contribution is -0.116. The Morgan fingerprint density at radius 1 is 1.15 bits per heavy atom. The van der Waals surface area contributed by atoms with E-state index >= 15 is 0 Å². The minimum Gasteiger partial charge on any atom is -0.497 e. The van der Waals surface area contributed by atoms with Crippen molar-refractivity contribution in [1.82, 2.24) is 0 Å². The summed E-state index contributed by atoms with van der Waals surface area (Å²) < 4.78 is 49.2. The van der Waals surface area contributed by atoms with Gasteiger partial charge in [0.2, 0.25) is 15.9 Å². The lowest BCUT2D eigenvalue weighted by Gasteiger charge is -2.28. The third-order valence-corrected chi connectivity index (χ3v) is 5.06. The standard InChI is InChI=1S/C18H21FN2O5S/c1-12(21(27(4,23)24)14-7-5-6-13(19)10-14)18(22)20-16-9-8-15(25-2)11-17(16)26-3/h5-12H,1-4H3,(H,20,22). The van der Waals surface area contributed by atoms with Crippen molar-refractivity contribution in [3.63, 3.8) is 0 Å². The number of rotatable bonds is 7. The number of methoxy groups -OCH3 is 2. The maximum atomic E-state index is 13.5. The van der Waals surface area contributed by atoms with Crippen LogP contribution in [0.4, 0.5) is 15.8 Å². The van der Waals surface area contributed by atoms with Gasteiger partial charge in [0.05, 0.1) is 31.9 Å². The van der Waals surface area contributed by atoms with Crippen molar-refractivity contribution in [2.45, 2.75) is 13.0 Å². The second kappa shape index (κ2) is 8.26. The topological polar surface area (TPSA) is 84.9 Å². The van der Waals surface area contributed by atoms with Crippen LogP contribution in [0.2, 0.25) is 0 Å². The third-order valence-electron chi connectivity index (χ3n) is 3.82. The highest BCUT2D eigenvalue weighted by Gasteiger charge is 2.29. The van der Waals surface area contributed by atoms with E-state index in [1.807, 2.05) is 0 Å². The Bertz CT molecular complexity index is 933. The van der Waals surface area contributed by atoms with Gasteiger partial charge in [0, 0.05) is 6.07 Å². The molecular formula is C18H21FN2O5S. The molecule has 7 nitrogen and oxygen atoms in total. The van der Waals surface area contributed by atoms with Crippen LogP contribution in [0.3, 0.4) is 0 Å². The molecule has 0 heterocycles. The van der Waals surface area contributed by atoms with Gasteiger partial charge in [-0.25, -0.2) is 12.8 Å². The summed E-state index contributed by atoms with van der Waals surface area (Å²) in [7, 11) is -0.911. The highest BCUT2D eigenvalue weighted by atomic mass is 32.2. The van der Waals surface area contributed by atoms with Gasteiger partial charge in [-0.05, 0) is 37.3 Å². The summed E-state index contributed by atoms with van der Waals surface area (Å²) in [6.07, 6.45) is 0.954. The Balaban J connectivity index is 2.33. The number of amides is 1. The van der Waals surface area contributed by atoms with Gasteiger partial charge in [-0.15, -0.1) is 0 Å². The quantitative estimate of drug-likeness (QED) is 0.778. The van der Waals surface area contributed by atoms with Crippen LogP contribution in [0.25, 0.3) is 0 Å². The SMILES string of the molecule is COc1ccc(NC(=O)C(C)N(c2cccc(F)c2)S(C)(=O)=O)c(OC)c1. The molecule has 27 heavy (non-hydrogen) atoms. The number of halogens is 1. The Kier molecular flexibility index (Phi) is 6.27. The van der Waals surface area contributed by atoms with Crippen LogP contribution >= 0.6 is 0 Å². The molecule has 1 unspecified atom stereocenters. The smallest absolute Gasteiger partial charge is 0.248 e. The summed E-state index contributed by atoms with van der Waals surface area (Å²) in [5.74, 6) is -0.319. The number of hydrogen-bond donors (Lipinski definition) is 1. The number of benzene rings is 2. The highest BCUT2D eigenvalue weighted by molar-refractivity contribution is 7.92. The molecule has 0 aromatic heterocycles. The average molecular weight is 396 g/mol. The Hall–Kier alpha value is -2.81.